The summed E-state index contributed by atoms with van der Waals surface area (Å²) < 4.78 is 6.25. The fraction of sp³-hybridized carbons (Fsp3) is 0.609. The fourth-order valence-electron chi connectivity index (χ4n) is 4.49. The molecule has 142 valence electrons. The molecule has 0 heterocycles. The minimum Gasteiger partial charge on any atom is -0.544 e. The van der Waals surface area contributed by atoms with Crippen LogP contribution in [-0.2, 0) is 15.6 Å². The molecule has 2 aliphatic rings. The molecule has 26 heavy (non-hydrogen) atoms. The predicted molar refractivity (Wildman–Crippen MR) is 112 cm³/mol. The quantitative estimate of drug-likeness (QED) is 0.406. The van der Waals surface area contributed by atoms with Crippen LogP contribution in [0.3, 0.4) is 0 Å². The van der Waals surface area contributed by atoms with Gasteiger partial charge in [-0.25, -0.2) is 0 Å². The summed E-state index contributed by atoms with van der Waals surface area (Å²) in [6, 6.07) is 6.85. The second-order valence-electron chi connectivity index (χ2n) is 9.14. The van der Waals surface area contributed by atoms with E-state index in [-0.39, 0.29) is 0 Å². The Kier molecular flexibility index (Phi) is 6.06. The molecule has 1 fully saturated rings. The van der Waals surface area contributed by atoms with Crippen molar-refractivity contribution < 1.29 is 9.22 Å². The first-order valence-corrected chi connectivity index (χ1v) is 13.8. The second kappa shape index (κ2) is 8.12. The van der Waals surface area contributed by atoms with E-state index in [4.69, 9.17) is 4.43 Å². The van der Waals surface area contributed by atoms with Crippen molar-refractivity contribution >= 4 is 20.4 Å². The molecule has 0 saturated heterocycles. The Balaban J connectivity index is 1.71. The zero-order chi connectivity index (χ0) is 18.7. The van der Waals surface area contributed by atoms with E-state index in [0.29, 0.717) is 5.92 Å². The van der Waals surface area contributed by atoms with Crippen LogP contribution in [-0.4, -0.2) is 14.6 Å². The number of benzene rings is 1. The van der Waals surface area contributed by atoms with Crippen molar-refractivity contribution in [2.24, 2.45) is 5.92 Å². The van der Waals surface area contributed by atoms with Gasteiger partial charge < -0.3 is 4.43 Å². The van der Waals surface area contributed by atoms with Gasteiger partial charge in [-0.1, -0.05) is 44.4 Å². The maximum atomic E-state index is 11.6. The van der Waals surface area contributed by atoms with Crippen LogP contribution < -0.4 is 0 Å². The molecule has 1 saturated carbocycles. The third kappa shape index (κ3) is 4.48. The molecule has 0 atom stereocenters. The number of unbranched alkanes of at least 4 members (excludes halogenated alkanes) is 1. The minimum absolute atomic E-state index is 0.694. The average molecular weight is 371 g/mol. The third-order valence-electron chi connectivity index (χ3n) is 5.88. The third-order valence-corrected chi connectivity index (χ3v) is 6.70. The molecular formula is C23H34O2Si. The first kappa shape index (κ1) is 19.4. The summed E-state index contributed by atoms with van der Waals surface area (Å²) >= 11 is 0. The first-order valence-electron chi connectivity index (χ1n) is 10.4. The highest BCUT2D eigenvalue weighted by molar-refractivity contribution is 6.70. The number of aldehydes is 1. The lowest BCUT2D eigenvalue weighted by molar-refractivity contribution is -0.104. The van der Waals surface area contributed by atoms with Crippen molar-refractivity contribution in [3.05, 3.63) is 40.5 Å². The molecule has 3 heteroatoms. The summed E-state index contributed by atoms with van der Waals surface area (Å²) in [4.78, 5) is 11.6. The van der Waals surface area contributed by atoms with E-state index in [0.717, 1.165) is 35.5 Å². The number of carbonyl (C=O) groups is 1. The van der Waals surface area contributed by atoms with Gasteiger partial charge in [-0.2, -0.15) is 0 Å². The van der Waals surface area contributed by atoms with Crippen molar-refractivity contribution in [2.45, 2.75) is 83.8 Å². The van der Waals surface area contributed by atoms with E-state index >= 15 is 0 Å². The van der Waals surface area contributed by atoms with Crippen molar-refractivity contribution in [2.75, 3.05) is 0 Å². The van der Waals surface area contributed by atoms with Crippen LogP contribution in [0.25, 0.3) is 5.76 Å². The van der Waals surface area contributed by atoms with Gasteiger partial charge in [-0.15, -0.1) is 0 Å². The van der Waals surface area contributed by atoms with Gasteiger partial charge in [0.2, 0.25) is 8.32 Å². The van der Waals surface area contributed by atoms with E-state index in [2.05, 4.69) is 44.8 Å². The molecule has 0 amide bonds. The molecule has 0 spiro atoms. The molecule has 1 aromatic carbocycles. The highest BCUT2D eigenvalue weighted by atomic mass is 28.4. The number of carbonyl (C=O) groups excluding carboxylic acids is 1. The maximum Gasteiger partial charge on any atom is 0.242 e. The topological polar surface area (TPSA) is 26.3 Å². The second-order valence-corrected chi connectivity index (χ2v) is 13.6. The molecule has 3 rings (SSSR count). The number of allylic oxidation sites excluding steroid dienone is 1. The van der Waals surface area contributed by atoms with Crippen LogP contribution in [0.15, 0.2) is 23.8 Å². The van der Waals surface area contributed by atoms with E-state index in [1.807, 2.05) is 0 Å². The van der Waals surface area contributed by atoms with Crippen molar-refractivity contribution in [3.8, 4) is 0 Å². The Morgan fingerprint density at radius 3 is 2.50 bits per heavy atom. The smallest absolute Gasteiger partial charge is 0.242 e. The highest BCUT2D eigenvalue weighted by Gasteiger charge is 2.29. The first-order chi connectivity index (χ1) is 12.4. The van der Waals surface area contributed by atoms with E-state index in [1.165, 1.54) is 56.1 Å². The molecule has 1 aromatic rings. The number of hydrogen-bond acceptors (Lipinski definition) is 2. The van der Waals surface area contributed by atoms with Crippen LogP contribution in [0.2, 0.25) is 19.6 Å². The molecule has 0 bridgehead atoms. The van der Waals surface area contributed by atoms with Gasteiger partial charge in [0.05, 0.1) is 0 Å². The normalized spacial score (nSPS) is 23.1. The van der Waals surface area contributed by atoms with Gasteiger partial charge in [0.15, 0.2) is 0 Å². The lowest BCUT2D eigenvalue weighted by atomic mass is 9.76. The van der Waals surface area contributed by atoms with E-state index < -0.39 is 8.32 Å². The summed E-state index contributed by atoms with van der Waals surface area (Å²) in [5.74, 6) is 2.49. The van der Waals surface area contributed by atoms with Crippen LogP contribution in [0.4, 0.5) is 0 Å². The van der Waals surface area contributed by atoms with E-state index in [9.17, 15) is 4.79 Å². The number of fused-ring (bicyclic) bond motifs is 1. The van der Waals surface area contributed by atoms with Crippen LogP contribution in [0, 0.1) is 5.92 Å². The standard InChI is InChI=1S/C23H34O2Si/c1-5-6-7-17-8-10-18(11-9-17)19-12-13-22-20(14-19)15-21(16-24)23(22)25-26(2,3)4/h12-14,16-18H,5-11,15H2,1-4H3/t17-,18-. The van der Waals surface area contributed by atoms with Gasteiger partial charge in [-0.05, 0) is 68.3 Å². The predicted octanol–water partition coefficient (Wildman–Crippen LogP) is 6.47. The Hall–Kier alpha value is -1.35. The van der Waals surface area contributed by atoms with Crippen molar-refractivity contribution in [1.29, 1.82) is 0 Å². The fourth-order valence-corrected chi connectivity index (χ4v) is 5.35. The molecule has 2 aliphatic carbocycles. The summed E-state index contributed by atoms with van der Waals surface area (Å²) in [6.45, 7) is 8.81. The molecule has 0 radical (unpaired) electrons. The molecule has 2 nitrogen and oxygen atoms in total. The Bertz CT molecular complexity index is 676. The summed E-state index contributed by atoms with van der Waals surface area (Å²) in [7, 11) is -1.73. The highest BCUT2D eigenvalue weighted by Crippen LogP contribution is 2.41. The van der Waals surface area contributed by atoms with Crippen molar-refractivity contribution in [3.63, 3.8) is 0 Å². The van der Waals surface area contributed by atoms with E-state index in [1.54, 1.807) is 0 Å². The summed E-state index contributed by atoms with van der Waals surface area (Å²) in [5.41, 5.74) is 4.72. The number of hydrogen-bond donors (Lipinski definition) is 0. The average Bonchev–Trinajstić information content (AvgIpc) is 2.95. The lowest BCUT2D eigenvalue weighted by Gasteiger charge is -2.29. The molecule has 0 aromatic heterocycles. The SMILES string of the molecule is CCCC[C@H]1CC[C@H](c2ccc3c(c2)CC(C=O)=C3O[Si](C)(C)C)CC1. The summed E-state index contributed by atoms with van der Waals surface area (Å²) in [6.07, 6.45) is 11.2. The van der Waals surface area contributed by atoms with Gasteiger partial charge in [0, 0.05) is 17.6 Å². The monoisotopic (exact) mass is 370 g/mol. The Morgan fingerprint density at radius 2 is 1.88 bits per heavy atom. The Labute approximate surface area is 160 Å². The van der Waals surface area contributed by atoms with Crippen molar-refractivity contribution in [1.82, 2.24) is 0 Å². The van der Waals surface area contributed by atoms with Crippen LogP contribution in [0.1, 0.15) is 74.5 Å². The summed E-state index contributed by atoms with van der Waals surface area (Å²) in [5, 5.41) is 0. The van der Waals surface area contributed by atoms with Gasteiger partial charge in [0.1, 0.15) is 12.0 Å². The lowest BCUT2D eigenvalue weighted by Crippen LogP contribution is -2.24. The van der Waals surface area contributed by atoms with Crippen LogP contribution >= 0.6 is 0 Å². The zero-order valence-corrected chi connectivity index (χ0v) is 17.9. The molecular weight excluding hydrogens is 336 g/mol. The number of rotatable bonds is 7. The van der Waals surface area contributed by atoms with Gasteiger partial charge in [0.25, 0.3) is 0 Å². The Morgan fingerprint density at radius 1 is 1.15 bits per heavy atom. The van der Waals surface area contributed by atoms with Gasteiger partial charge >= 0.3 is 0 Å². The largest absolute Gasteiger partial charge is 0.544 e. The maximum absolute atomic E-state index is 11.6. The zero-order valence-electron chi connectivity index (χ0n) is 16.9. The van der Waals surface area contributed by atoms with Crippen LogP contribution in [0.5, 0.6) is 0 Å². The molecule has 0 unspecified atom stereocenters. The molecule has 0 aliphatic heterocycles. The minimum atomic E-state index is -1.73. The van der Waals surface area contributed by atoms with Gasteiger partial charge in [-0.3, -0.25) is 4.79 Å². The molecule has 0 N–H and O–H groups in total.